The summed E-state index contributed by atoms with van der Waals surface area (Å²) in [6.07, 6.45) is 6.27. The second-order valence-electron chi connectivity index (χ2n) is 5.22. The molecule has 1 unspecified atom stereocenters. The number of ether oxygens (including phenoxy) is 1. The molecule has 0 bridgehead atoms. The summed E-state index contributed by atoms with van der Waals surface area (Å²) < 4.78 is 8.12. The molecule has 2 heterocycles. The van der Waals surface area contributed by atoms with Gasteiger partial charge in [-0.1, -0.05) is 25.1 Å². The molecule has 0 aliphatic carbocycles. The highest BCUT2D eigenvalue weighted by Crippen LogP contribution is 2.27. The van der Waals surface area contributed by atoms with Crippen LogP contribution in [0, 0.1) is 0 Å². The molecule has 0 amide bonds. The van der Waals surface area contributed by atoms with Crippen LogP contribution in [0.25, 0.3) is 0 Å². The number of aromatic nitrogens is 2. The molecule has 3 rings (SSSR count). The number of benzene rings is 1. The Bertz CT molecular complexity index is 539. The van der Waals surface area contributed by atoms with Gasteiger partial charge in [0.1, 0.15) is 17.7 Å². The van der Waals surface area contributed by atoms with Crippen molar-refractivity contribution >= 4 is 0 Å². The van der Waals surface area contributed by atoms with E-state index in [2.05, 4.69) is 33.9 Å². The van der Waals surface area contributed by atoms with Crippen molar-refractivity contribution in [3.05, 3.63) is 48.0 Å². The summed E-state index contributed by atoms with van der Waals surface area (Å²) in [4.78, 5) is 4.40. The first kappa shape index (κ1) is 13.2. The number of hydrogen-bond acceptors (Lipinski definition) is 3. The molecular weight excluding hydrogens is 250 g/mol. The minimum atomic E-state index is 0.238. The standard InChI is InChI=1S/C16H21N3O/c1-2-8-19-9-7-18-16(19)12-17-11-14-10-13-5-3-4-6-15(13)20-14/h3-7,9,14,17H,2,8,10-12H2,1H3. The Kier molecular flexibility index (Phi) is 4.02. The Balaban J connectivity index is 1.48. The molecule has 0 saturated heterocycles. The number of nitrogens with zero attached hydrogens (tertiary/aromatic N) is 2. The lowest BCUT2D eigenvalue weighted by atomic mass is 10.1. The first-order valence-electron chi connectivity index (χ1n) is 7.32. The highest BCUT2D eigenvalue weighted by atomic mass is 16.5. The summed E-state index contributed by atoms with van der Waals surface area (Å²) in [6.45, 7) is 4.86. The van der Waals surface area contributed by atoms with Crippen molar-refractivity contribution in [2.75, 3.05) is 6.54 Å². The van der Waals surface area contributed by atoms with Gasteiger partial charge >= 0.3 is 0 Å². The summed E-state index contributed by atoms with van der Waals surface area (Å²) in [6, 6.07) is 8.28. The van der Waals surface area contributed by atoms with E-state index < -0.39 is 0 Å². The zero-order chi connectivity index (χ0) is 13.8. The van der Waals surface area contributed by atoms with Crippen molar-refractivity contribution in [1.29, 1.82) is 0 Å². The summed E-state index contributed by atoms with van der Waals surface area (Å²) in [5.74, 6) is 2.13. The van der Waals surface area contributed by atoms with Gasteiger partial charge in [0.05, 0.1) is 6.54 Å². The van der Waals surface area contributed by atoms with E-state index in [1.54, 1.807) is 0 Å². The first-order chi connectivity index (χ1) is 9.86. The maximum absolute atomic E-state index is 5.91. The molecule has 1 aromatic carbocycles. The van der Waals surface area contributed by atoms with Crippen molar-refractivity contribution in [2.45, 2.75) is 39.0 Å². The van der Waals surface area contributed by atoms with Crippen molar-refractivity contribution in [2.24, 2.45) is 0 Å². The SMILES string of the molecule is CCCn1ccnc1CNCC1Cc2ccccc2O1. The normalized spacial score (nSPS) is 16.9. The molecule has 4 nitrogen and oxygen atoms in total. The van der Waals surface area contributed by atoms with E-state index in [4.69, 9.17) is 4.74 Å². The summed E-state index contributed by atoms with van der Waals surface area (Å²) in [7, 11) is 0. The van der Waals surface area contributed by atoms with E-state index in [1.807, 2.05) is 24.5 Å². The van der Waals surface area contributed by atoms with E-state index in [-0.39, 0.29) is 6.10 Å². The van der Waals surface area contributed by atoms with Crippen LogP contribution in [0.3, 0.4) is 0 Å². The predicted molar refractivity (Wildman–Crippen MR) is 78.8 cm³/mol. The van der Waals surface area contributed by atoms with Gasteiger partial charge in [-0.3, -0.25) is 0 Å². The van der Waals surface area contributed by atoms with Gasteiger partial charge in [-0.2, -0.15) is 0 Å². The number of rotatable bonds is 6. The third kappa shape index (κ3) is 2.85. The fourth-order valence-corrected chi connectivity index (χ4v) is 2.66. The fraction of sp³-hybridized carbons (Fsp3) is 0.438. The lowest BCUT2D eigenvalue weighted by Crippen LogP contribution is -2.30. The van der Waals surface area contributed by atoms with Gasteiger partial charge in [0, 0.05) is 31.9 Å². The molecule has 4 heteroatoms. The molecule has 1 aliphatic rings. The molecule has 0 spiro atoms. The summed E-state index contributed by atoms with van der Waals surface area (Å²) in [5.41, 5.74) is 1.31. The van der Waals surface area contributed by atoms with Crippen molar-refractivity contribution < 1.29 is 4.74 Å². The van der Waals surface area contributed by atoms with Crippen LogP contribution in [0.15, 0.2) is 36.7 Å². The molecule has 1 atom stereocenters. The molecule has 0 fully saturated rings. The van der Waals surface area contributed by atoms with Gasteiger partial charge in [-0.05, 0) is 18.1 Å². The van der Waals surface area contributed by atoms with E-state index >= 15 is 0 Å². The number of imidazole rings is 1. The maximum atomic E-state index is 5.91. The van der Waals surface area contributed by atoms with Crippen LogP contribution in [-0.2, 0) is 19.5 Å². The Morgan fingerprint density at radius 3 is 3.15 bits per heavy atom. The van der Waals surface area contributed by atoms with Crippen molar-refractivity contribution in [1.82, 2.24) is 14.9 Å². The van der Waals surface area contributed by atoms with Gasteiger partial charge in [-0.15, -0.1) is 0 Å². The van der Waals surface area contributed by atoms with Gasteiger partial charge in [0.15, 0.2) is 0 Å². The minimum Gasteiger partial charge on any atom is -0.488 e. The smallest absolute Gasteiger partial charge is 0.123 e. The zero-order valence-corrected chi connectivity index (χ0v) is 11.9. The number of nitrogens with one attached hydrogen (secondary N) is 1. The monoisotopic (exact) mass is 271 g/mol. The van der Waals surface area contributed by atoms with E-state index in [9.17, 15) is 0 Å². The lowest BCUT2D eigenvalue weighted by Gasteiger charge is -2.12. The van der Waals surface area contributed by atoms with Gasteiger partial charge in [0.25, 0.3) is 0 Å². The average molecular weight is 271 g/mol. The lowest BCUT2D eigenvalue weighted by molar-refractivity contribution is 0.226. The molecule has 20 heavy (non-hydrogen) atoms. The van der Waals surface area contributed by atoms with Crippen molar-refractivity contribution in [3.8, 4) is 5.75 Å². The second-order valence-corrected chi connectivity index (χ2v) is 5.22. The zero-order valence-electron chi connectivity index (χ0n) is 11.9. The summed E-state index contributed by atoms with van der Waals surface area (Å²) >= 11 is 0. The molecule has 0 saturated carbocycles. The maximum Gasteiger partial charge on any atom is 0.123 e. The Labute approximate surface area is 119 Å². The molecule has 1 aliphatic heterocycles. The van der Waals surface area contributed by atoms with E-state index in [0.717, 1.165) is 44.0 Å². The van der Waals surface area contributed by atoms with Crippen molar-refractivity contribution in [3.63, 3.8) is 0 Å². The van der Waals surface area contributed by atoms with Gasteiger partial charge < -0.3 is 14.6 Å². The second kappa shape index (κ2) is 6.09. The Hall–Kier alpha value is -1.81. The highest BCUT2D eigenvalue weighted by molar-refractivity contribution is 5.37. The third-order valence-electron chi connectivity index (χ3n) is 3.64. The Morgan fingerprint density at radius 1 is 1.40 bits per heavy atom. The fourth-order valence-electron chi connectivity index (χ4n) is 2.66. The van der Waals surface area contributed by atoms with Crippen LogP contribution < -0.4 is 10.1 Å². The van der Waals surface area contributed by atoms with Crippen LogP contribution >= 0.6 is 0 Å². The molecule has 1 N–H and O–H groups in total. The first-order valence-corrected chi connectivity index (χ1v) is 7.32. The Morgan fingerprint density at radius 2 is 2.30 bits per heavy atom. The number of aryl methyl sites for hydroxylation is 1. The van der Waals surface area contributed by atoms with Crippen LogP contribution in [0.2, 0.25) is 0 Å². The van der Waals surface area contributed by atoms with Crippen LogP contribution in [0.5, 0.6) is 5.75 Å². The predicted octanol–water partition coefficient (Wildman–Crippen LogP) is 2.39. The molecule has 0 radical (unpaired) electrons. The molecular formula is C16H21N3O. The van der Waals surface area contributed by atoms with E-state index in [0.29, 0.717) is 0 Å². The summed E-state index contributed by atoms with van der Waals surface area (Å²) in [5, 5.41) is 3.46. The van der Waals surface area contributed by atoms with Gasteiger partial charge in [0.2, 0.25) is 0 Å². The third-order valence-corrected chi connectivity index (χ3v) is 3.64. The minimum absolute atomic E-state index is 0.238. The number of hydrogen-bond donors (Lipinski definition) is 1. The van der Waals surface area contributed by atoms with Crippen LogP contribution in [0.1, 0.15) is 24.7 Å². The average Bonchev–Trinajstić information content (AvgIpc) is 3.06. The van der Waals surface area contributed by atoms with Gasteiger partial charge in [-0.25, -0.2) is 4.98 Å². The number of para-hydroxylation sites is 1. The topological polar surface area (TPSA) is 39.1 Å². The van der Waals surface area contributed by atoms with E-state index in [1.165, 1.54) is 5.56 Å². The highest BCUT2D eigenvalue weighted by Gasteiger charge is 2.21. The largest absolute Gasteiger partial charge is 0.488 e. The molecule has 106 valence electrons. The van der Waals surface area contributed by atoms with Crippen LogP contribution in [-0.4, -0.2) is 22.2 Å². The van der Waals surface area contributed by atoms with Crippen LogP contribution in [0.4, 0.5) is 0 Å². The quantitative estimate of drug-likeness (QED) is 0.877. The molecule has 2 aromatic rings. The number of fused-ring (bicyclic) bond motifs is 1. The molecule has 1 aromatic heterocycles.